The van der Waals surface area contributed by atoms with Crippen molar-refractivity contribution in [3.63, 3.8) is 0 Å². The van der Waals surface area contributed by atoms with Crippen molar-refractivity contribution in [2.75, 3.05) is 25.0 Å². The maximum Gasteiger partial charge on any atom is 0.319 e. The van der Waals surface area contributed by atoms with Crippen LogP contribution in [0.2, 0.25) is 0 Å². The second-order valence-corrected chi connectivity index (χ2v) is 9.95. The van der Waals surface area contributed by atoms with Gasteiger partial charge in [-0.2, -0.15) is 0 Å². The Morgan fingerprint density at radius 1 is 1.00 bits per heavy atom. The quantitative estimate of drug-likeness (QED) is 0.591. The first-order valence-corrected chi connectivity index (χ1v) is 12.6. The summed E-state index contributed by atoms with van der Waals surface area (Å²) in [4.78, 5) is 45.7. The van der Waals surface area contributed by atoms with Gasteiger partial charge in [0.15, 0.2) is 0 Å². The van der Waals surface area contributed by atoms with E-state index in [0.717, 1.165) is 43.6 Å². The number of carbonyl (C=O) groups is 3. The molecule has 2 fully saturated rings. The molecule has 1 aliphatic heterocycles. The fraction of sp³-hybridized carbons (Fsp3) is 0.429. The summed E-state index contributed by atoms with van der Waals surface area (Å²) in [5.41, 5.74) is 3.66. The van der Waals surface area contributed by atoms with Crippen molar-refractivity contribution in [2.24, 2.45) is 4.99 Å². The molecule has 4 rings (SSSR count). The van der Waals surface area contributed by atoms with E-state index < -0.39 is 0 Å². The normalized spacial score (nSPS) is 18.2. The topological polar surface area (TPSA) is 94.1 Å². The van der Waals surface area contributed by atoms with Crippen LogP contribution in [-0.2, 0) is 6.54 Å². The predicted molar refractivity (Wildman–Crippen MR) is 142 cm³/mol. The Bertz CT molecular complexity index is 1140. The van der Waals surface area contributed by atoms with Crippen LogP contribution < -0.4 is 10.6 Å². The molecule has 1 saturated carbocycles. The van der Waals surface area contributed by atoms with E-state index in [1.54, 1.807) is 30.3 Å². The molecule has 1 saturated heterocycles. The Kier molecular flexibility index (Phi) is 8.15. The third kappa shape index (κ3) is 6.57. The fourth-order valence-corrected chi connectivity index (χ4v) is 4.57. The van der Waals surface area contributed by atoms with E-state index >= 15 is 0 Å². The zero-order valence-electron chi connectivity index (χ0n) is 21.3. The van der Waals surface area contributed by atoms with Crippen LogP contribution in [0.15, 0.2) is 53.5 Å². The summed E-state index contributed by atoms with van der Waals surface area (Å²) in [6.45, 7) is 8.52. The molecule has 4 amide bonds. The lowest BCUT2D eigenvalue weighted by Gasteiger charge is -2.40. The zero-order chi connectivity index (χ0) is 25.7. The molecule has 8 nitrogen and oxygen atoms in total. The average molecular weight is 490 g/mol. The van der Waals surface area contributed by atoms with Gasteiger partial charge in [-0.1, -0.05) is 12.1 Å². The number of benzene rings is 2. The van der Waals surface area contributed by atoms with Gasteiger partial charge < -0.3 is 15.5 Å². The van der Waals surface area contributed by atoms with Crippen LogP contribution in [0.1, 0.15) is 66.3 Å². The van der Waals surface area contributed by atoms with Crippen LogP contribution in [0.3, 0.4) is 0 Å². The molecular formula is C28H35N5O3. The van der Waals surface area contributed by atoms with Gasteiger partial charge in [-0.15, -0.1) is 0 Å². The summed E-state index contributed by atoms with van der Waals surface area (Å²) in [5.74, 6) is -0.228. The zero-order valence-corrected chi connectivity index (χ0v) is 21.3. The summed E-state index contributed by atoms with van der Waals surface area (Å²) in [7, 11) is 0. The van der Waals surface area contributed by atoms with Crippen LogP contribution in [0.5, 0.6) is 0 Å². The number of urea groups is 1. The maximum absolute atomic E-state index is 13.2. The van der Waals surface area contributed by atoms with Crippen LogP contribution in [0.25, 0.3) is 0 Å². The van der Waals surface area contributed by atoms with E-state index in [0.29, 0.717) is 29.9 Å². The van der Waals surface area contributed by atoms with Crippen molar-refractivity contribution in [2.45, 2.75) is 58.7 Å². The number of carbonyl (C=O) groups excluding carboxylic acids is 3. The van der Waals surface area contributed by atoms with E-state index in [1.165, 1.54) is 0 Å². The molecule has 1 heterocycles. The fourth-order valence-electron chi connectivity index (χ4n) is 4.57. The SMILES string of the molecule is CC(C)=NC(=O)c1cccc(CN2CCN(C(=O)c3ccc(NC(=O)NC4CCC4)cc3)[C@@H](C)C2)c1. The highest BCUT2D eigenvalue weighted by molar-refractivity contribution is 6.02. The third-order valence-electron chi connectivity index (χ3n) is 6.71. The van der Waals surface area contributed by atoms with Crippen molar-refractivity contribution in [1.82, 2.24) is 15.1 Å². The molecule has 2 aliphatic rings. The molecule has 1 aliphatic carbocycles. The number of nitrogens with zero attached hydrogens (tertiary/aromatic N) is 3. The van der Waals surface area contributed by atoms with Gasteiger partial charge in [0.1, 0.15) is 0 Å². The molecule has 36 heavy (non-hydrogen) atoms. The number of rotatable bonds is 6. The molecule has 0 radical (unpaired) electrons. The Morgan fingerprint density at radius 3 is 2.39 bits per heavy atom. The van der Waals surface area contributed by atoms with Gasteiger partial charge in [-0.05, 0) is 82.0 Å². The molecule has 0 spiro atoms. The molecule has 0 aromatic heterocycles. The Balaban J connectivity index is 1.30. The minimum absolute atomic E-state index is 0.00647. The van der Waals surface area contributed by atoms with Crippen molar-refractivity contribution in [1.29, 1.82) is 0 Å². The van der Waals surface area contributed by atoms with Gasteiger partial charge in [0.2, 0.25) is 0 Å². The number of nitrogens with one attached hydrogen (secondary N) is 2. The van der Waals surface area contributed by atoms with Gasteiger partial charge in [-0.25, -0.2) is 9.79 Å². The highest BCUT2D eigenvalue weighted by atomic mass is 16.2. The van der Waals surface area contributed by atoms with Crippen LogP contribution in [0, 0.1) is 0 Å². The molecular weight excluding hydrogens is 454 g/mol. The Morgan fingerprint density at radius 2 is 1.75 bits per heavy atom. The summed E-state index contributed by atoms with van der Waals surface area (Å²) in [5, 5.41) is 5.78. The van der Waals surface area contributed by atoms with E-state index in [1.807, 2.05) is 36.9 Å². The van der Waals surface area contributed by atoms with E-state index in [-0.39, 0.29) is 29.9 Å². The average Bonchev–Trinajstić information content (AvgIpc) is 2.81. The van der Waals surface area contributed by atoms with E-state index in [4.69, 9.17) is 0 Å². The predicted octanol–water partition coefficient (Wildman–Crippen LogP) is 4.33. The highest BCUT2D eigenvalue weighted by Gasteiger charge is 2.28. The molecule has 2 aromatic rings. The van der Waals surface area contributed by atoms with Gasteiger partial charge in [0.05, 0.1) is 0 Å². The van der Waals surface area contributed by atoms with Crippen LogP contribution in [0.4, 0.5) is 10.5 Å². The summed E-state index contributed by atoms with van der Waals surface area (Å²) >= 11 is 0. The van der Waals surface area contributed by atoms with E-state index in [9.17, 15) is 14.4 Å². The second-order valence-electron chi connectivity index (χ2n) is 9.95. The maximum atomic E-state index is 13.2. The monoisotopic (exact) mass is 489 g/mol. The molecule has 1 atom stereocenters. The van der Waals surface area contributed by atoms with Crippen LogP contribution >= 0.6 is 0 Å². The van der Waals surface area contributed by atoms with E-state index in [2.05, 4.69) is 27.4 Å². The minimum atomic E-state index is -0.221. The van der Waals surface area contributed by atoms with Gasteiger partial charge in [0.25, 0.3) is 11.8 Å². The number of anilines is 1. The smallest absolute Gasteiger partial charge is 0.319 e. The first kappa shape index (κ1) is 25.6. The van der Waals surface area contributed by atoms with Gasteiger partial charge >= 0.3 is 6.03 Å². The van der Waals surface area contributed by atoms with Crippen LogP contribution in [-0.4, -0.2) is 65.1 Å². The largest absolute Gasteiger partial charge is 0.335 e. The lowest BCUT2D eigenvalue weighted by molar-refractivity contribution is 0.0475. The summed E-state index contributed by atoms with van der Waals surface area (Å²) < 4.78 is 0. The number of amides is 4. The Labute approximate surface area is 212 Å². The van der Waals surface area contributed by atoms with Gasteiger partial charge in [-0.3, -0.25) is 14.5 Å². The number of hydrogen-bond acceptors (Lipinski definition) is 4. The Hall–Kier alpha value is -3.52. The first-order chi connectivity index (χ1) is 17.3. The molecule has 8 heteroatoms. The number of aliphatic imine (C=N–C) groups is 1. The lowest BCUT2D eigenvalue weighted by atomic mass is 9.93. The van der Waals surface area contributed by atoms with Crippen molar-refractivity contribution in [3.8, 4) is 0 Å². The molecule has 2 aromatic carbocycles. The second kappa shape index (κ2) is 11.5. The van der Waals surface area contributed by atoms with Crippen molar-refractivity contribution < 1.29 is 14.4 Å². The standard InChI is InChI=1S/C28H35N5O3/c1-19(2)29-26(34)23-7-4-6-21(16-23)18-32-14-15-33(20(3)17-32)27(35)22-10-12-25(13-11-22)31-28(36)30-24-8-5-9-24/h4,6-7,10-13,16,20,24H,5,8-9,14-15,17-18H2,1-3H3,(H2,30,31,36)/t20-/m0/s1. The molecule has 0 unspecified atom stereocenters. The van der Waals surface area contributed by atoms with Crippen molar-refractivity contribution >= 4 is 29.2 Å². The number of hydrogen-bond donors (Lipinski definition) is 2. The molecule has 190 valence electrons. The first-order valence-electron chi connectivity index (χ1n) is 12.6. The van der Waals surface area contributed by atoms with Gasteiger partial charge in [0, 0.05) is 60.8 Å². The van der Waals surface area contributed by atoms with Crippen molar-refractivity contribution in [3.05, 3.63) is 65.2 Å². The number of piperazine rings is 1. The lowest BCUT2D eigenvalue weighted by Crippen LogP contribution is -2.53. The molecule has 2 N–H and O–H groups in total. The summed E-state index contributed by atoms with van der Waals surface area (Å²) in [6, 6.07) is 14.8. The third-order valence-corrected chi connectivity index (χ3v) is 6.71. The minimum Gasteiger partial charge on any atom is -0.335 e. The molecule has 0 bridgehead atoms. The summed E-state index contributed by atoms with van der Waals surface area (Å²) in [6.07, 6.45) is 3.23. The highest BCUT2D eigenvalue weighted by Crippen LogP contribution is 2.20.